The van der Waals surface area contributed by atoms with Gasteiger partial charge in [-0.3, -0.25) is 0 Å². The van der Waals surface area contributed by atoms with E-state index in [9.17, 15) is 9.90 Å². The first-order valence-electron chi connectivity index (χ1n) is 4.27. The molecule has 2 nitrogen and oxygen atoms in total. The smallest absolute Gasteiger partial charge is 0.0482 e. The molecule has 1 aliphatic rings. The molecule has 0 aromatic carbocycles. The molecule has 3 atom stereocenters. The minimum atomic E-state index is -0.919. The van der Waals surface area contributed by atoms with Gasteiger partial charge in [0.2, 0.25) is 0 Å². The molecule has 0 aliphatic heterocycles. The van der Waals surface area contributed by atoms with E-state index in [4.69, 9.17) is 0 Å². The Hall–Kier alpha value is -0.790. The average molecular weight is 167 g/mol. The van der Waals surface area contributed by atoms with Crippen LogP contribution in [0.25, 0.3) is 0 Å². The van der Waals surface area contributed by atoms with Crippen LogP contribution in [0.4, 0.5) is 0 Å². The zero-order chi connectivity index (χ0) is 9.52. The standard InChI is InChI=1S/C10H16O2/c1-6(2)5-8-7(3)10(8,4)9(11)12/h5,7-8H,1-4H3,(H,11,12)/p-1. The predicted molar refractivity (Wildman–Crippen MR) is 45.2 cm³/mol. The van der Waals surface area contributed by atoms with Crippen molar-refractivity contribution in [3.05, 3.63) is 11.6 Å². The molecule has 0 bridgehead atoms. The van der Waals surface area contributed by atoms with Crippen LogP contribution >= 0.6 is 0 Å². The second-order valence-corrected chi connectivity index (χ2v) is 4.13. The van der Waals surface area contributed by atoms with E-state index in [1.54, 1.807) is 6.92 Å². The van der Waals surface area contributed by atoms with Crippen molar-refractivity contribution in [2.45, 2.75) is 27.7 Å². The van der Waals surface area contributed by atoms with Crippen LogP contribution in [0.2, 0.25) is 0 Å². The Bertz CT molecular complexity index is 238. The van der Waals surface area contributed by atoms with Crippen LogP contribution in [-0.2, 0) is 4.79 Å². The quantitative estimate of drug-likeness (QED) is 0.575. The summed E-state index contributed by atoms with van der Waals surface area (Å²) in [5.74, 6) is -0.526. The lowest BCUT2D eigenvalue weighted by atomic mass is 10.1. The minimum Gasteiger partial charge on any atom is -0.550 e. The van der Waals surface area contributed by atoms with E-state index >= 15 is 0 Å². The van der Waals surface area contributed by atoms with Crippen LogP contribution in [0.1, 0.15) is 27.7 Å². The van der Waals surface area contributed by atoms with Gasteiger partial charge in [-0.25, -0.2) is 0 Å². The molecular weight excluding hydrogens is 152 g/mol. The van der Waals surface area contributed by atoms with Crippen LogP contribution < -0.4 is 5.11 Å². The first kappa shape index (κ1) is 9.30. The van der Waals surface area contributed by atoms with Gasteiger partial charge in [-0.15, -0.1) is 0 Å². The van der Waals surface area contributed by atoms with Crippen molar-refractivity contribution in [3.8, 4) is 0 Å². The van der Waals surface area contributed by atoms with Crippen molar-refractivity contribution in [1.82, 2.24) is 0 Å². The van der Waals surface area contributed by atoms with Gasteiger partial charge in [0.05, 0.1) is 0 Å². The van der Waals surface area contributed by atoms with Crippen LogP contribution in [0.15, 0.2) is 11.6 Å². The summed E-state index contributed by atoms with van der Waals surface area (Å²) in [7, 11) is 0. The molecule has 0 saturated heterocycles. The molecule has 0 aromatic heterocycles. The van der Waals surface area contributed by atoms with Gasteiger partial charge in [0, 0.05) is 11.4 Å². The molecule has 0 aromatic rings. The van der Waals surface area contributed by atoms with E-state index in [-0.39, 0.29) is 11.8 Å². The van der Waals surface area contributed by atoms with E-state index in [0.717, 1.165) is 0 Å². The Morgan fingerprint density at radius 2 is 2.00 bits per heavy atom. The van der Waals surface area contributed by atoms with Crippen LogP contribution in [-0.4, -0.2) is 5.97 Å². The summed E-state index contributed by atoms with van der Waals surface area (Å²) in [6.45, 7) is 7.69. The molecule has 3 unspecified atom stereocenters. The second-order valence-electron chi connectivity index (χ2n) is 4.13. The maximum atomic E-state index is 10.7. The van der Waals surface area contributed by atoms with Crippen molar-refractivity contribution in [1.29, 1.82) is 0 Å². The molecule has 2 heteroatoms. The fourth-order valence-corrected chi connectivity index (χ4v) is 1.77. The van der Waals surface area contributed by atoms with Gasteiger partial charge in [0.25, 0.3) is 0 Å². The summed E-state index contributed by atoms with van der Waals surface area (Å²) in [6, 6.07) is 0. The van der Waals surface area contributed by atoms with Crippen LogP contribution in [0, 0.1) is 17.3 Å². The van der Waals surface area contributed by atoms with E-state index in [2.05, 4.69) is 0 Å². The summed E-state index contributed by atoms with van der Waals surface area (Å²) < 4.78 is 0. The number of carbonyl (C=O) groups excluding carboxylic acids is 1. The summed E-state index contributed by atoms with van der Waals surface area (Å²) in [5.41, 5.74) is 0.564. The van der Waals surface area contributed by atoms with Crippen LogP contribution in [0.5, 0.6) is 0 Å². The second kappa shape index (κ2) is 2.61. The maximum Gasteiger partial charge on any atom is 0.0482 e. The van der Waals surface area contributed by atoms with E-state index in [0.29, 0.717) is 0 Å². The van der Waals surface area contributed by atoms with Crippen molar-refractivity contribution >= 4 is 5.97 Å². The molecule has 0 amide bonds. The molecule has 0 heterocycles. The van der Waals surface area contributed by atoms with Gasteiger partial charge >= 0.3 is 0 Å². The predicted octanol–water partition coefficient (Wildman–Crippen LogP) is 0.975. The lowest BCUT2D eigenvalue weighted by Crippen LogP contribution is -2.32. The summed E-state index contributed by atoms with van der Waals surface area (Å²) >= 11 is 0. The molecule has 1 saturated carbocycles. The number of rotatable bonds is 2. The number of hydrogen-bond donors (Lipinski definition) is 0. The van der Waals surface area contributed by atoms with E-state index in [1.807, 2.05) is 26.8 Å². The van der Waals surface area contributed by atoms with Gasteiger partial charge < -0.3 is 9.90 Å². The van der Waals surface area contributed by atoms with Gasteiger partial charge in [-0.2, -0.15) is 0 Å². The Kier molecular flexibility index (Phi) is 2.02. The van der Waals surface area contributed by atoms with Gasteiger partial charge in [0.1, 0.15) is 0 Å². The molecule has 1 fully saturated rings. The minimum absolute atomic E-state index is 0.174. The normalized spacial score (nSPS) is 39.0. The Morgan fingerprint density at radius 1 is 1.50 bits per heavy atom. The van der Waals surface area contributed by atoms with Gasteiger partial charge in [-0.05, 0) is 25.7 Å². The largest absolute Gasteiger partial charge is 0.550 e. The van der Waals surface area contributed by atoms with Gasteiger partial charge in [-0.1, -0.05) is 25.5 Å². The lowest BCUT2D eigenvalue weighted by Gasteiger charge is -2.11. The van der Waals surface area contributed by atoms with Crippen molar-refractivity contribution in [3.63, 3.8) is 0 Å². The maximum absolute atomic E-state index is 10.7. The number of hydrogen-bond acceptors (Lipinski definition) is 2. The molecule has 12 heavy (non-hydrogen) atoms. The first-order valence-corrected chi connectivity index (χ1v) is 4.27. The van der Waals surface area contributed by atoms with Crippen molar-refractivity contribution in [2.75, 3.05) is 0 Å². The average Bonchev–Trinajstić information content (AvgIpc) is 2.41. The highest BCUT2D eigenvalue weighted by molar-refractivity contribution is 5.77. The highest BCUT2D eigenvalue weighted by Gasteiger charge is 2.57. The third-order valence-corrected chi connectivity index (χ3v) is 3.02. The zero-order valence-corrected chi connectivity index (χ0v) is 8.05. The number of allylic oxidation sites excluding steroid dienone is 2. The highest BCUT2D eigenvalue weighted by atomic mass is 16.4. The fourth-order valence-electron chi connectivity index (χ4n) is 1.77. The first-order chi connectivity index (χ1) is 5.40. The Morgan fingerprint density at radius 3 is 2.25 bits per heavy atom. The lowest BCUT2D eigenvalue weighted by molar-refractivity contribution is -0.314. The Balaban J connectivity index is 2.77. The molecule has 1 rings (SSSR count). The summed E-state index contributed by atoms with van der Waals surface area (Å²) in [5, 5.41) is 10.7. The molecule has 68 valence electrons. The molecule has 0 radical (unpaired) electrons. The number of carboxylic acids is 1. The van der Waals surface area contributed by atoms with E-state index < -0.39 is 11.4 Å². The number of aliphatic carboxylic acids is 1. The van der Waals surface area contributed by atoms with E-state index in [1.165, 1.54) is 5.57 Å². The number of carbonyl (C=O) groups is 1. The summed E-state index contributed by atoms with van der Waals surface area (Å²) in [4.78, 5) is 10.7. The molecule has 1 aliphatic carbocycles. The van der Waals surface area contributed by atoms with Gasteiger partial charge in [0.15, 0.2) is 0 Å². The van der Waals surface area contributed by atoms with Crippen molar-refractivity contribution < 1.29 is 9.90 Å². The third-order valence-electron chi connectivity index (χ3n) is 3.02. The monoisotopic (exact) mass is 167 g/mol. The number of carboxylic acid groups (broad SMARTS) is 1. The summed E-state index contributed by atoms with van der Waals surface area (Å²) in [6.07, 6.45) is 2.03. The third kappa shape index (κ3) is 1.15. The molecule has 0 spiro atoms. The highest BCUT2D eigenvalue weighted by Crippen LogP contribution is 2.58. The molecular formula is C10H15O2-. The SMILES string of the molecule is CC(C)=CC1C(C)C1(C)C(=O)[O-]. The van der Waals surface area contributed by atoms with Crippen molar-refractivity contribution in [2.24, 2.45) is 17.3 Å². The molecule has 0 N–H and O–H groups in total. The van der Waals surface area contributed by atoms with Crippen LogP contribution in [0.3, 0.4) is 0 Å². The topological polar surface area (TPSA) is 40.1 Å². The fraction of sp³-hybridized carbons (Fsp3) is 0.700. The Labute approximate surface area is 73.3 Å². The zero-order valence-electron chi connectivity index (χ0n) is 8.05.